The number of amides is 1. The van der Waals surface area contributed by atoms with Gasteiger partial charge < -0.3 is 14.5 Å². The van der Waals surface area contributed by atoms with Crippen LogP contribution in [-0.2, 0) is 0 Å². The van der Waals surface area contributed by atoms with E-state index in [1.165, 1.54) is 13.3 Å². The zero-order valence-corrected chi connectivity index (χ0v) is 22.9. The molecule has 0 unspecified atom stereocenters. The van der Waals surface area contributed by atoms with Crippen LogP contribution >= 0.6 is 27.5 Å². The van der Waals surface area contributed by atoms with Crippen molar-refractivity contribution in [1.29, 1.82) is 0 Å². The fourth-order valence-corrected chi connectivity index (χ4v) is 4.57. The maximum Gasteiger partial charge on any atom is 0.343 e. The minimum atomic E-state index is -0.512. The number of rotatable bonds is 7. The summed E-state index contributed by atoms with van der Waals surface area (Å²) in [5.41, 5.74) is 6.19. The van der Waals surface area contributed by atoms with Gasteiger partial charge in [-0.2, -0.15) is 5.10 Å². The van der Waals surface area contributed by atoms with Crippen molar-refractivity contribution in [1.82, 2.24) is 10.4 Å². The lowest BCUT2D eigenvalue weighted by molar-refractivity contribution is 0.0729. The van der Waals surface area contributed by atoms with Gasteiger partial charge in [-0.1, -0.05) is 63.9 Å². The van der Waals surface area contributed by atoms with Crippen molar-refractivity contribution in [3.63, 3.8) is 0 Å². The number of carbonyl (C=O) groups is 2. The summed E-state index contributed by atoms with van der Waals surface area (Å²) >= 11 is 9.81. The van der Waals surface area contributed by atoms with Crippen LogP contribution in [0.15, 0.2) is 101 Å². The van der Waals surface area contributed by atoms with E-state index < -0.39 is 11.9 Å². The topological polar surface area (TPSA) is 92.8 Å². The summed E-state index contributed by atoms with van der Waals surface area (Å²) in [6.45, 7) is 0. The first-order valence-corrected chi connectivity index (χ1v) is 13.0. The van der Waals surface area contributed by atoms with E-state index in [0.717, 1.165) is 20.9 Å². The number of aromatic nitrogens is 1. The molecule has 0 aliphatic carbocycles. The number of aromatic amines is 1. The average molecular weight is 603 g/mol. The fourth-order valence-electron chi connectivity index (χ4n) is 4.07. The highest BCUT2D eigenvalue weighted by Gasteiger charge is 2.20. The number of carbonyl (C=O) groups excluding carboxylic acids is 2. The second kappa shape index (κ2) is 11.6. The van der Waals surface area contributed by atoms with Gasteiger partial charge in [-0.15, -0.1) is 0 Å². The van der Waals surface area contributed by atoms with E-state index in [4.69, 9.17) is 21.1 Å². The molecule has 0 spiro atoms. The van der Waals surface area contributed by atoms with E-state index in [1.54, 1.807) is 48.5 Å². The van der Waals surface area contributed by atoms with Crippen LogP contribution in [0.3, 0.4) is 0 Å². The van der Waals surface area contributed by atoms with Crippen LogP contribution in [0.5, 0.6) is 11.5 Å². The summed E-state index contributed by atoms with van der Waals surface area (Å²) in [6.07, 6.45) is 1.47. The van der Waals surface area contributed by atoms with E-state index in [-0.39, 0.29) is 5.75 Å². The molecule has 1 amide bonds. The molecule has 1 heterocycles. The number of fused-ring (bicyclic) bond motifs is 1. The van der Waals surface area contributed by atoms with Crippen molar-refractivity contribution in [3.8, 4) is 22.6 Å². The smallest absolute Gasteiger partial charge is 0.343 e. The standard InChI is InChI=1S/C30H21BrClN3O4/c1-38-26-16-18(10-15-25(26)39-30(37)19-11-13-20(31)14-12-19)17-33-35-29(36)28-27(21-6-2-4-8-23(21)32)22-7-3-5-9-24(22)34-28/h2-17,34H,1H3,(H,35,36). The van der Waals surface area contributed by atoms with Gasteiger partial charge in [0.05, 0.1) is 18.9 Å². The third-order valence-corrected chi connectivity index (χ3v) is 6.78. The minimum Gasteiger partial charge on any atom is -0.493 e. The SMILES string of the molecule is COc1cc(C=NNC(=O)c2[nH]c3ccccc3c2-c2ccccc2Cl)ccc1OC(=O)c1ccc(Br)cc1. The molecule has 0 aliphatic rings. The van der Waals surface area contributed by atoms with Crippen molar-refractivity contribution in [2.24, 2.45) is 5.10 Å². The van der Waals surface area contributed by atoms with E-state index in [0.29, 0.717) is 33.2 Å². The van der Waals surface area contributed by atoms with E-state index in [1.807, 2.05) is 42.5 Å². The predicted octanol–water partition coefficient (Wildman–Crippen LogP) is 7.24. The largest absolute Gasteiger partial charge is 0.493 e. The number of hydrogen-bond acceptors (Lipinski definition) is 5. The van der Waals surface area contributed by atoms with Crippen LogP contribution in [0.2, 0.25) is 5.02 Å². The molecule has 39 heavy (non-hydrogen) atoms. The molecule has 0 atom stereocenters. The molecule has 0 radical (unpaired) electrons. The van der Waals surface area contributed by atoms with Gasteiger partial charge >= 0.3 is 5.97 Å². The van der Waals surface area contributed by atoms with Crippen molar-refractivity contribution in [2.45, 2.75) is 0 Å². The van der Waals surface area contributed by atoms with Crippen LogP contribution in [0, 0.1) is 0 Å². The van der Waals surface area contributed by atoms with Gasteiger partial charge in [0.25, 0.3) is 5.91 Å². The predicted molar refractivity (Wildman–Crippen MR) is 156 cm³/mol. The Kier molecular flexibility index (Phi) is 7.76. The summed E-state index contributed by atoms with van der Waals surface area (Å²) in [5, 5.41) is 5.53. The molecule has 0 saturated heterocycles. The first kappa shape index (κ1) is 26.2. The van der Waals surface area contributed by atoms with Gasteiger partial charge in [-0.3, -0.25) is 4.79 Å². The second-order valence-corrected chi connectivity index (χ2v) is 9.73. The summed E-state index contributed by atoms with van der Waals surface area (Å²) < 4.78 is 11.8. The van der Waals surface area contributed by atoms with Crippen molar-refractivity contribution < 1.29 is 19.1 Å². The lowest BCUT2D eigenvalue weighted by Gasteiger charge is -2.10. The highest BCUT2D eigenvalue weighted by molar-refractivity contribution is 9.10. The van der Waals surface area contributed by atoms with E-state index in [2.05, 4.69) is 31.4 Å². The molecule has 9 heteroatoms. The molecule has 7 nitrogen and oxygen atoms in total. The second-order valence-electron chi connectivity index (χ2n) is 8.41. The number of nitrogens with zero attached hydrogens (tertiary/aromatic N) is 1. The lowest BCUT2D eigenvalue weighted by atomic mass is 10.0. The Labute approximate surface area is 237 Å². The van der Waals surface area contributed by atoms with Gasteiger partial charge in [-0.05, 0) is 60.2 Å². The zero-order chi connectivity index (χ0) is 27.4. The zero-order valence-electron chi connectivity index (χ0n) is 20.6. The fraction of sp³-hybridized carbons (Fsp3) is 0.0333. The normalized spacial score (nSPS) is 11.1. The third-order valence-electron chi connectivity index (χ3n) is 5.93. The Morgan fingerprint density at radius 3 is 2.46 bits per heavy atom. The summed E-state index contributed by atoms with van der Waals surface area (Å²) in [7, 11) is 1.47. The summed E-state index contributed by atoms with van der Waals surface area (Å²) in [5.74, 6) is -0.340. The molecule has 0 saturated carbocycles. The van der Waals surface area contributed by atoms with Crippen LogP contribution in [-0.4, -0.2) is 30.2 Å². The maximum absolute atomic E-state index is 13.2. The Morgan fingerprint density at radius 1 is 0.949 bits per heavy atom. The van der Waals surface area contributed by atoms with E-state index >= 15 is 0 Å². The molecular weight excluding hydrogens is 582 g/mol. The molecule has 4 aromatic carbocycles. The Bertz CT molecular complexity index is 1710. The number of para-hydroxylation sites is 1. The highest BCUT2D eigenvalue weighted by atomic mass is 79.9. The van der Waals surface area contributed by atoms with Gasteiger partial charge in [0.2, 0.25) is 0 Å². The quantitative estimate of drug-likeness (QED) is 0.0889. The van der Waals surface area contributed by atoms with Gasteiger partial charge in [0, 0.05) is 31.5 Å². The molecule has 1 aromatic heterocycles. The monoisotopic (exact) mass is 601 g/mol. The number of H-pyrrole nitrogens is 1. The molecule has 2 N–H and O–H groups in total. The van der Waals surface area contributed by atoms with Gasteiger partial charge in [0.15, 0.2) is 11.5 Å². The summed E-state index contributed by atoms with van der Waals surface area (Å²) in [4.78, 5) is 28.9. The Morgan fingerprint density at radius 2 is 1.69 bits per heavy atom. The number of halogens is 2. The molecule has 5 rings (SSSR count). The number of methoxy groups -OCH3 is 1. The van der Waals surface area contributed by atoms with Crippen LogP contribution in [0.25, 0.3) is 22.0 Å². The number of benzene rings is 4. The minimum absolute atomic E-state index is 0.258. The Hall–Kier alpha value is -4.40. The maximum atomic E-state index is 13.2. The highest BCUT2D eigenvalue weighted by Crippen LogP contribution is 2.36. The number of ether oxygens (including phenoxy) is 2. The Balaban J connectivity index is 1.35. The molecule has 0 bridgehead atoms. The van der Waals surface area contributed by atoms with Gasteiger partial charge in [-0.25, -0.2) is 10.2 Å². The van der Waals surface area contributed by atoms with Crippen LogP contribution < -0.4 is 14.9 Å². The number of esters is 1. The third kappa shape index (κ3) is 5.72. The van der Waals surface area contributed by atoms with E-state index in [9.17, 15) is 9.59 Å². The first-order valence-electron chi connectivity index (χ1n) is 11.8. The molecule has 5 aromatic rings. The average Bonchev–Trinajstić information content (AvgIpc) is 3.34. The van der Waals surface area contributed by atoms with Crippen LogP contribution in [0.4, 0.5) is 0 Å². The number of hydrazone groups is 1. The molecule has 194 valence electrons. The summed E-state index contributed by atoms with van der Waals surface area (Å²) in [6, 6.07) is 26.8. The first-order chi connectivity index (χ1) is 18.9. The number of hydrogen-bond donors (Lipinski definition) is 2. The molecular formula is C30H21BrClN3O4. The molecule has 0 aliphatic heterocycles. The van der Waals surface area contributed by atoms with Crippen molar-refractivity contribution in [3.05, 3.63) is 117 Å². The van der Waals surface area contributed by atoms with Gasteiger partial charge in [0.1, 0.15) is 5.69 Å². The number of nitrogens with one attached hydrogen (secondary N) is 2. The molecule has 0 fully saturated rings. The van der Waals surface area contributed by atoms with Crippen LogP contribution in [0.1, 0.15) is 26.4 Å². The lowest BCUT2D eigenvalue weighted by Crippen LogP contribution is -2.19. The van der Waals surface area contributed by atoms with Crippen molar-refractivity contribution >= 4 is 56.5 Å². The van der Waals surface area contributed by atoms with Crippen molar-refractivity contribution in [2.75, 3.05) is 7.11 Å².